The van der Waals surface area contributed by atoms with E-state index in [1.807, 2.05) is 13.8 Å². The van der Waals surface area contributed by atoms with Crippen LogP contribution in [0.1, 0.15) is 118 Å². The van der Waals surface area contributed by atoms with Crippen molar-refractivity contribution in [3.63, 3.8) is 0 Å². The summed E-state index contributed by atoms with van der Waals surface area (Å²) in [5, 5.41) is 0. The molecule has 0 aromatic heterocycles. The number of nitrogens with zero attached hydrogens (tertiary/aromatic N) is 1. The molecule has 3 atom stereocenters. The lowest BCUT2D eigenvalue weighted by atomic mass is 9.69. The molecule has 0 bridgehead atoms. The third kappa shape index (κ3) is 13.1. The van der Waals surface area contributed by atoms with Crippen LogP contribution in [-0.4, -0.2) is 62.8 Å². The van der Waals surface area contributed by atoms with Crippen LogP contribution in [0.25, 0.3) is 0 Å². The topological polar surface area (TPSA) is 85.4 Å². The summed E-state index contributed by atoms with van der Waals surface area (Å²) < 4.78 is 16.4. The summed E-state index contributed by atoms with van der Waals surface area (Å²) in [4.78, 5) is 40.6. The molecule has 1 aliphatic rings. The molecular weight excluding hydrogens is 470 g/mol. The van der Waals surface area contributed by atoms with Crippen LogP contribution >= 0.6 is 0 Å². The highest BCUT2D eigenvalue weighted by molar-refractivity contribution is 5.82. The fraction of sp³-hybridized carbons (Fsp3) is 0.900. The van der Waals surface area contributed by atoms with Crippen LogP contribution in [0, 0.1) is 16.7 Å². The molecule has 1 aliphatic heterocycles. The molecule has 0 spiro atoms. The van der Waals surface area contributed by atoms with Crippen molar-refractivity contribution in [1.29, 1.82) is 0 Å². The summed E-state index contributed by atoms with van der Waals surface area (Å²) >= 11 is 0. The van der Waals surface area contributed by atoms with Crippen molar-refractivity contribution in [1.82, 2.24) is 4.90 Å². The van der Waals surface area contributed by atoms with Crippen molar-refractivity contribution < 1.29 is 28.6 Å². The van der Waals surface area contributed by atoms with Gasteiger partial charge >= 0.3 is 11.9 Å². The van der Waals surface area contributed by atoms with E-state index in [9.17, 15) is 14.4 Å². The first kappa shape index (κ1) is 33.4. The van der Waals surface area contributed by atoms with E-state index >= 15 is 0 Å². The predicted molar refractivity (Wildman–Crippen MR) is 147 cm³/mol. The standard InChI is InChI=1S/C30H55NO6/c1-8-10-11-12-13-14-15-16-17-18-19-35-28(34)30(5,20-24(9-2)26(32)31(6)7)23-29(3,4)27(33)37-22-25-21-36-25/h24-25H,8-23H2,1-7H3. The van der Waals surface area contributed by atoms with Gasteiger partial charge in [-0.15, -0.1) is 0 Å². The number of rotatable bonds is 21. The first-order valence-electron chi connectivity index (χ1n) is 14.6. The molecule has 1 fully saturated rings. The Balaban J connectivity index is 2.66. The van der Waals surface area contributed by atoms with Crippen molar-refractivity contribution in [3.8, 4) is 0 Å². The Kier molecular flexibility index (Phi) is 15.4. The van der Waals surface area contributed by atoms with Crippen LogP contribution in [0.4, 0.5) is 0 Å². The first-order chi connectivity index (χ1) is 17.5. The van der Waals surface area contributed by atoms with Gasteiger partial charge in [0.05, 0.1) is 24.0 Å². The molecule has 1 heterocycles. The van der Waals surface area contributed by atoms with Gasteiger partial charge in [-0.25, -0.2) is 0 Å². The number of unbranched alkanes of at least 4 members (excludes halogenated alkanes) is 9. The van der Waals surface area contributed by atoms with E-state index in [0.29, 0.717) is 26.1 Å². The lowest BCUT2D eigenvalue weighted by molar-refractivity contribution is -0.164. The molecule has 0 radical (unpaired) electrons. The number of amides is 1. The van der Waals surface area contributed by atoms with Gasteiger partial charge < -0.3 is 19.1 Å². The minimum Gasteiger partial charge on any atom is -0.465 e. The zero-order valence-electron chi connectivity index (χ0n) is 24.9. The smallest absolute Gasteiger partial charge is 0.311 e. The minimum atomic E-state index is -0.983. The summed E-state index contributed by atoms with van der Waals surface area (Å²) in [6.07, 6.45) is 13.3. The molecule has 0 N–H and O–H groups in total. The Morgan fingerprint density at radius 1 is 0.865 bits per heavy atom. The van der Waals surface area contributed by atoms with E-state index in [1.54, 1.807) is 32.8 Å². The largest absolute Gasteiger partial charge is 0.465 e. The van der Waals surface area contributed by atoms with Gasteiger partial charge in [0.2, 0.25) is 5.91 Å². The molecule has 7 heteroatoms. The second-order valence-corrected chi connectivity index (χ2v) is 12.0. The Morgan fingerprint density at radius 3 is 1.89 bits per heavy atom. The van der Waals surface area contributed by atoms with Gasteiger partial charge in [-0.3, -0.25) is 14.4 Å². The zero-order valence-corrected chi connectivity index (χ0v) is 24.9. The number of carbonyl (C=O) groups excluding carboxylic acids is 3. The molecule has 37 heavy (non-hydrogen) atoms. The van der Waals surface area contributed by atoms with Crippen LogP contribution in [0.3, 0.4) is 0 Å². The van der Waals surface area contributed by atoms with E-state index in [0.717, 1.165) is 19.3 Å². The van der Waals surface area contributed by atoms with Gasteiger partial charge in [-0.1, -0.05) is 71.6 Å². The molecule has 1 amide bonds. The van der Waals surface area contributed by atoms with E-state index in [1.165, 1.54) is 44.9 Å². The Hall–Kier alpha value is -1.63. The Bertz CT molecular complexity index is 688. The average molecular weight is 526 g/mol. The Labute approximate surface area is 226 Å². The number of hydrogen-bond acceptors (Lipinski definition) is 6. The number of hydrogen-bond donors (Lipinski definition) is 0. The SMILES string of the molecule is CCCCCCCCCCCCOC(=O)C(C)(CC(CC)C(=O)N(C)C)CC(C)(C)C(=O)OCC1CO1. The van der Waals surface area contributed by atoms with Crippen LogP contribution < -0.4 is 0 Å². The summed E-state index contributed by atoms with van der Waals surface area (Å²) in [5.74, 6) is -1.03. The molecule has 1 saturated heterocycles. The highest BCUT2D eigenvalue weighted by Gasteiger charge is 2.46. The molecule has 216 valence electrons. The van der Waals surface area contributed by atoms with Crippen LogP contribution in [-0.2, 0) is 28.6 Å². The van der Waals surface area contributed by atoms with Gasteiger partial charge in [0, 0.05) is 20.0 Å². The fourth-order valence-electron chi connectivity index (χ4n) is 5.05. The van der Waals surface area contributed by atoms with Gasteiger partial charge in [0.1, 0.15) is 12.7 Å². The molecule has 0 saturated carbocycles. The predicted octanol–water partition coefficient (Wildman–Crippen LogP) is 6.32. The second-order valence-electron chi connectivity index (χ2n) is 12.0. The maximum atomic E-state index is 13.4. The van der Waals surface area contributed by atoms with Crippen molar-refractivity contribution >= 4 is 17.8 Å². The number of esters is 2. The van der Waals surface area contributed by atoms with Crippen molar-refractivity contribution in [3.05, 3.63) is 0 Å². The minimum absolute atomic E-state index is 0.0116. The van der Waals surface area contributed by atoms with Gasteiger partial charge in [0.15, 0.2) is 0 Å². The molecule has 7 nitrogen and oxygen atoms in total. The third-order valence-electron chi connectivity index (χ3n) is 7.39. The van der Waals surface area contributed by atoms with Gasteiger partial charge in [-0.05, 0) is 46.5 Å². The molecule has 0 aliphatic carbocycles. The fourth-order valence-corrected chi connectivity index (χ4v) is 5.05. The van der Waals surface area contributed by atoms with E-state index in [2.05, 4.69) is 6.92 Å². The van der Waals surface area contributed by atoms with Crippen LogP contribution in [0.2, 0.25) is 0 Å². The number of epoxide rings is 1. The average Bonchev–Trinajstić information content (AvgIpc) is 3.68. The number of carbonyl (C=O) groups is 3. The number of ether oxygens (including phenoxy) is 3. The van der Waals surface area contributed by atoms with Crippen LogP contribution in [0.15, 0.2) is 0 Å². The van der Waals surface area contributed by atoms with E-state index in [-0.39, 0.29) is 42.9 Å². The molecule has 0 aromatic rings. The summed E-state index contributed by atoms with van der Waals surface area (Å²) in [6, 6.07) is 0. The van der Waals surface area contributed by atoms with Crippen LogP contribution in [0.5, 0.6) is 0 Å². The maximum absolute atomic E-state index is 13.4. The summed E-state index contributed by atoms with van der Waals surface area (Å²) in [7, 11) is 3.46. The first-order valence-corrected chi connectivity index (χ1v) is 14.6. The lowest BCUT2D eigenvalue weighted by Crippen LogP contribution is -2.42. The highest BCUT2D eigenvalue weighted by Crippen LogP contribution is 2.41. The quantitative estimate of drug-likeness (QED) is 0.0990. The normalized spacial score (nSPS) is 17.5. The van der Waals surface area contributed by atoms with Crippen molar-refractivity contribution in [2.24, 2.45) is 16.7 Å². The zero-order chi connectivity index (χ0) is 27.9. The third-order valence-corrected chi connectivity index (χ3v) is 7.39. The molecule has 0 aromatic carbocycles. The monoisotopic (exact) mass is 525 g/mol. The van der Waals surface area contributed by atoms with E-state index in [4.69, 9.17) is 14.2 Å². The molecule has 3 unspecified atom stereocenters. The Morgan fingerprint density at radius 2 is 1.41 bits per heavy atom. The van der Waals surface area contributed by atoms with Crippen molar-refractivity contribution in [2.45, 2.75) is 124 Å². The van der Waals surface area contributed by atoms with E-state index < -0.39 is 10.8 Å². The summed E-state index contributed by atoms with van der Waals surface area (Å²) in [5.41, 5.74) is -1.89. The van der Waals surface area contributed by atoms with Gasteiger partial charge in [-0.2, -0.15) is 0 Å². The van der Waals surface area contributed by atoms with Crippen molar-refractivity contribution in [2.75, 3.05) is 33.9 Å². The molecular formula is C30H55NO6. The second kappa shape index (κ2) is 17.1. The van der Waals surface area contributed by atoms with Gasteiger partial charge in [0.25, 0.3) is 0 Å². The lowest BCUT2D eigenvalue weighted by Gasteiger charge is -2.36. The highest BCUT2D eigenvalue weighted by atomic mass is 16.6. The molecule has 1 rings (SSSR count). The summed E-state index contributed by atoms with van der Waals surface area (Å²) in [6.45, 7) is 10.8. The maximum Gasteiger partial charge on any atom is 0.311 e.